The lowest BCUT2D eigenvalue weighted by Gasteiger charge is -2.31. The predicted molar refractivity (Wildman–Crippen MR) is 88.9 cm³/mol. The Kier molecular flexibility index (Phi) is 3.71. The van der Waals surface area contributed by atoms with Gasteiger partial charge >= 0.3 is 0 Å². The first-order valence-electron chi connectivity index (χ1n) is 8.10. The van der Waals surface area contributed by atoms with Crippen molar-refractivity contribution in [1.82, 2.24) is 19.7 Å². The highest BCUT2D eigenvalue weighted by Crippen LogP contribution is 2.28. The van der Waals surface area contributed by atoms with Gasteiger partial charge in [-0.3, -0.25) is 4.79 Å². The molecule has 1 fully saturated rings. The first kappa shape index (κ1) is 15.7. The van der Waals surface area contributed by atoms with E-state index in [2.05, 4.69) is 10.1 Å². The number of halogens is 2. The Balaban J connectivity index is 1.52. The molecule has 1 aliphatic heterocycles. The third-order valence-corrected chi connectivity index (χ3v) is 4.43. The minimum atomic E-state index is -2.67. The lowest BCUT2D eigenvalue weighted by molar-refractivity contribution is -0.0494. The highest BCUT2D eigenvalue weighted by molar-refractivity contribution is 5.94. The van der Waals surface area contributed by atoms with Crippen molar-refractivity contribution < 1.29 is 13.6 Å². The summed E-state index contributed by atoms with van der Waals surface area (Å²) in [6.45, 7) is 0.135. The number of piperidine rings is 1. The Morgan fingerprint density at radius 1 is 1.08 bits per heavy atom. The first-order chi connectivity index (χ1) is 12.0. The maximum Gasteiger partial charge on any atom is 0.255 e. The zero-order valence-corrected chi connectivity index (χ0v) is 13.4. The second-order valence-corrected chi connectivity index (χ2v) is 6.19. The molecular formula is C18H16F2N4O. The van der Waals surface area contributed by atoms with Gasteiger partial charge in [-0.2, -0.15) is 5.10 Å². The third kappa shape index (κ3) is 3.09. The molecule has 0 N–H and O–H groups in total. The van der Waals surface area contributed by atoms with Crippen molar-refractivity contribution in [2.75, 3.05) is 13.1 Å². The van der Waals surface area contributed by atoms with Gasteiger partial charge in [0.05, 0.1) is 11.1 Å². The zero-order valence-electron chi connectivity index (χ0n) is 13.4. The molecule has 1 amide bonds. The Labute approximate surface area is 142 Å². The van der Waals surface area contributed by atoms with Crippen LogP contribution in [0, 0.1) is 0 Å². The molecule has 1 aliphatic rings. The summed E-state index contributed by atoms with van der Waals surface area (Å²) >= 11 is 0. The molecule has 3 aromatic rings. The van der Waals surface area contributed by atoms with Gasteiger partial charge in [-0.05, 0) is 18.2 Å². The molecule has 1 saturated heterocycles. The quantitative estimate of drug-likeness (QED) is 0.718. The summed E-state index contributed by atoms with van der Waals surface area (Å²) in [5.74, 6) is -2.33. The molecule has 128 valence electrons. The fourth-order valence-corrected chi connectivity index (χ4v) is 2.95. The fourth-order valence-electron chi connectivity index (χ4n) is 2.95. The zero-order chi connectivity index (χ0) is 17.4. The number of hydrogen-bond acceptors (Lipinski definition) is 3. The number of alkyl halides is 2. The summed E-state index contributed by atoms with van der Waals surface area (Å²) in [4.78, 5) is 18.2. The van der Waals surface area contributed by atoms with E-state index in [1.54, 1.807) is 16.8 Å². The van der Waals surface area contributed by atoms with Crippen LogP contribution in [0.5, 0.6) is 0 Å². The van der Waals surface area contributed by atoms with E-state index in [0.717, 1.165) is 10.9 Å². The second kappa shape index (κ2) is 5.91. The van der Waals surface area contributed by atoms with E-state index in [0.29, 0.717) is 11.4 Å². The summed E-state index contributed by atoms with van der Waals surface area (Å²) in [6.07, 6.45) is 2.76. The smallest absolute Gasteiger partial charge is 0.255 e. The molecule has 1 aromatic carbocycles. The van der Waals surface area contributed by atoms with E-state index >= 15 is 0 Å². The molecule has 7 heteroatoms. The number of nitrogens with zero attached hydrogens (tertiary/aromatic N) is 4. The van der Waals surface area contributed by atoms with Crippen LogP contribution in [0.15, 0.2) is 48.8 Å². The van der Waals surface area contributed by atoms with E-state index in [1.807, 2.05) is 30.5 Å². The minimum absolute atomic E-state index is 0.0676. The first-order valence-corrected chi connectivity index (χ1v) is 8.10. The van der Waals surface area contributed by atoms with Gasteiger partial charge < -0.3 is 4.90 Å². The van der Waals surface area contributed by atoms with Crippen LogP contribution in [0.2, 0.25) is 0 Å². The van der Waals surface area contributed by atoms with Crippen LogP contribution in [0.25, 0.3) is 16.7 Å². The van der Waals surface area contributed by atoms with E-state index in [9.17, 15) is 13.6 Å². The number of rotatable bonds is 2. The SMILES string of the molecule is O=C(c1ccc(-n2cc3ccccc3n2)nc1)N1CCC(F)(F)CC1. The van der Waals surface area contributed by atoms with Gasteiger partial charge in [-0.15, -0.1) is 0 Å². The summed E-state index contributed by atoms with van der Waals surface area (Å²) in [5, 5.41) is 5.44. The number of carbonyl (C=O) groups is 1. The lowest BCUT2D eigenvalue weighted by atomic mass is 10.1. The van der Waals surface area contributed by atoms with Crippen molar-refractivity contribution in [2.45, 2.75) is 18.8 Å². The number of hydrogen-bond donors (Lipinski definition) is 0. The average molecular weight is 342 g/mol. The van der Waals surface area contributed by atoms with Crippen LogP contribution in [0.1, 0.15) is 23.2 Å². The van der Waals surface area contributed by atoms with Crippen LogP contribution < -0.4 is 0 Å². The van der Waals surface area contributed by atoms with Gasteiger partial charge in [0.2, 0.25) is 0 Å². The highest BCUT2D eigenvalue weighted by atomic mass is 19.3. The van der Waals surface area contributed by atoms with Crippen LogP contribution in [-0.2, 0) is 0 Å². The minimum Gasteiger partial charge on any atom is -0.338 e. The number of aromatic nitrogens is 3. The second-order valence-electron chi connectivity index (χ2n) is 6.19. The lowest BCUT2D eigenvalue weighted by Crippen LogP contribution is -2.42. The molecule has 0 saturated carbocycles. The van der Waals surface area contributed by atoms with Gasteiger partial charge in [0.25, 0.3) is 11.8 Å². The number of likely N-dealkylation sites (tertiary alicyclic amines) is 1. The van der Waals surface area contributed by atoms with E-state index in [1.165, 1.54) is 11.1 Å². The normalized spacial score (nSPS) is 17.0. The Morgan fingerprint density at radius 3 is 2.52 bits per heavy atom. The van der Waals surface area contributed by atoms with Gasteiger partial charge in [-0.1, -0.05) is 18.2 Å². The monoisotopic (exact) mass is 342 g/mol. The molecule has 25 heavy (non-hydrogen) atoms. The Morgan fingerprint density at radius 2 is 1.84 bits per heavy atom. The average Bonchev–Trinajstić information content (AvgIpc) is 3.05. The van der Waals surface area contributed by atoms with Crippen LogP contribution in [-0.4, -0.2) is 44.6 Å². The largest absolute Gasteiger partial charge is 0.338 e. The Bertz CT molecular complexity index is 877. The molecule has 0 radical (unpaired) electrons. The van der Waals surface area contributed by atoms with E-state index in [4.69, 9.17) is 0 Å². The van der Waals surface area contributed by atoms with Crippen molar-refractivity contribution in [3.05, 3.63) is 54.4 Å². The van der Waals surface area contributed by atoms with Crippen molar-refractivity contribution in [3.8, 4) is 5.82 Å². The van der Waals surface area contributed by atoms with Gasteiger partial charge in [0, 0.05) is 43.7 Å². The number of amides is 1. The van der Waals surface area contributed by atoms with Crippen molar-refractivity contribution in [1.29, 1.82) is 0 Å². The molecule has 3 heterocycles. The summed E-state index contributed by atoms with van der Waals surface area (Å²) in [6, 6.07) is 11.1. The third-order valence-electron chi connectivity index (χ3n) is 4.43. The molecule has 0 aliphatic carbocycles. The molecule has 0 bridgehead atoms. The standard InChI is InChI=1S/C18H16F2N4O/c19-18(20)7-9-23(10-8-18)17(25)13-5-6-16(21-11-13)24-12-14-3-1-2-4-15(14)22-24/h1-6,11-12H,7-10H2. The van der Waals surface area contributed by atoms with E-state index < -0.39 is 5.92 Å². The molecule has 5 nitrogen and oxygen atoms in total. The number of benzene rings is 1. The maximum atomic E-state index is 13.2. The molecule has 0 atom stereocenters. The van der Waals surface area contributed by atoms with Crippen molar-refractivity contribution >= 4 is 16.8 Å². The van der Waals surface area contributed by atoms with Crippen molar-refractivity contribution in [3.63, 3.8) is 0 Å². The van der Waals surface area contributed by atoms with Gasteiger partial charge in [0.1, 0.15) is 0 Å². The molecule has 0 unspecified atom stereocenters. The van der Waals surface area contributed by atoms with Crippen LogP contribution in [0.4, 0.5) is 8.78 Å². The highest BCUT2D eigenvalue weighted by Gasteiger charge is 2.35. The summed E-state index contributed by atoms with van der Waals surface area (Å²) < 4.78 is 28.1. The summed E-state index contributed by atoms with van der Waals surface area (Å²) in [7, 11) is 0. The summed E-state index contributed by atoms with van der Waals surface area (Å²) in [5.41, 5.74) is 1.25. The fraction of sp³-hybridized carbons (Fsp3) is 0.278. The predicted octanol–water partition coefficient (Wildman–Crippen LogP) is 3.29. The topological polar surface area (TPSA) is 51.0 Å². The van der Waals surface area contributed by atoms with Crippen LogP contribution in [0.3, 0.4) is 0 Å². The maximum absolute atomic E-state index is 13.2. The molecule has 2 aromatic heterocycles. The number of pyridine rings is 1. The van der Waals surface area contributed by atoms with Crippen LogP contribution >= 0.6 is 0 Å². The van der Waals surface area contributed by atoms with Crippen molar-refractivity contribution in [2.24, 2.45) is 0 Å². The molecule has 0 spiro atoms. The molecule has 4 rings (SSSR count). The number of fused-ring (bicyclic) bond motifs is 1. The molecular weight excluding hydrogens is 326 g/mol. The number of carbonyl (C=O) groups excluding carboxylic acids is 1. The Hall–Kier alpha value is -2.83. The van der Waals surface area contributed by atoms with Gasteiger partial charge in [-0.25, -0.2) is 18.4 Å². The van der Waals surface area contributed by atoms with E-state index in [-0.39, 0.29) is 31.8 Å². The van der Waals surface area contributed by atoms with Gasteiger partial charge in [0.15, 0.2) is 5.82 Å².